The van der Waals surface area contributed by atoms with Gasteiger partial charge in [-0.2, -0.15) is 0 Å². The van der Waals surface area contributed by atoms with Crippen molar-refractivity contribution in [1.29, 1.82) is 0 Å². The third-order valence-electron chi connectivity index (χ3n) is 9.69. The van der Waals surface area contributed by atoms with Crippen LogP contribution in [0.4, 0.5) is 0 Å². The molecule has 0 aromatic rings. The summed E-state index contributed by atoms with van der Waals surface area (Å²) in [6.45, 7) is 13.3. The molecule has 0 heterocycles. The first-order valence-corrected chi connectivity index (χ1v) is 22.0. The maximum absolute atomic E-state index is 13.7. The van der Waals surface area contributed by atoms with E-state index in [4.69, 9.17) is 0 Å². The fourth-order valence-corrected chi connectivity index (χ4v) is 6.41. The number of carbonyl (C=O) groups excluding carboxylic acids is 7. The second-order valence-corrected chi connectivity index (χ2v) is 16.3. The molecule has 0 saturated carbocycles. The molecule has 57 heavy (non-hydrogen) atoms. The van der Waals surface area contributed by atoms with Crippen LogP contribution in [0.1, 0.15) is 177 Å². The van der Waals surface area contributed by atoms with E-state index in [0.717, 1.165) is 38.5 Å². The van der Waals surface area contributed by atoms with E-state index in [-0.39, 0.29) is 42.9 Å². The zero-order valence-corrected chi connectivity index (χ0v) is 36.8. The van der Waals surface area contributed by atoms with Gasteiger partial charge in [0, 0.05) is 19.4 Å². The molecule has 0 aliphatic rings. The number of carbonyl (C=O) groups is 7. The monoisotopic (exact) mass is 809 g/mol. The predicted octanol–water partition coefficient (Wildman–Crippen LogP) is 5.50. The molecule has 14 nitrogen and oxygen atoms in total. The normalized spacial score (nSPS) is 13.2. The van der Waals surface area contributed by atoms with Crippen molar-refractivity contribution in [2.45, 2.75) is 201 Å². The van der Waals surface area contributed by atoms with E-state index < -0.39 is 60.3 Å². The smallest absolute Gasteiger partial charge is 0.328 e. The van der Waals surface area contributed by atoms with E-state index in [1.807, 2.05) is 27.7 Å². The van der Waals surface area contributed by atoms with Crippen LogP contribution in [-0.2, 0) is 38.3 Å². The highest BCUT2D eigenvalue weighted by Gasteiger charge is 2.29. The quantitative estimate of drug-likeness (QED) is 0.0361. The Kier molecular flexibility index (Phi) is 31.1. The van der Waals surface area contributed by atoms with Gasteiger partial charge in [-0.25, -0.2) is 4.79 Å². The molecule has 6 N–H and O–H groups in total. The van der Waals surface area contributed by atoms with E-state index in [1.54, 1.807) is 0 Å². The van der Waals surface area contributed by atoms with E-state index in [2.05, 4.69) is 50.5 Å². The molecule has 0 unspecified atom stereocenters. The lowest BCUT2D eigenvalue weighted by Crippen LogP contribution is -2.56. The number of rotatable bonds is 34. The van der Waals surface area contributed by atoms with Crippen molar-refractivity contribution in [2.75, 3.05) is 20.2 Å². The standard InChI is InChI=1S/C43H80N6O8/c1-9-11-13-15-17-19-21-25-37(50)44-27-23-24-34(47-38(51)26-22-20-18-16-14-12-10-2)41(54)49-35(28-31(3)4)40(53)45-30-39(52)48-36(29-32(5)6)42(55)46-33(7)43(56)57-8/h31-36H,9-30H2,1-8H3,(H,44,50)(H,45,53)(H,46,55)(H,47,51)(H,48,52)(H,49,54)/t33-,34-,35-,36-/m0/s1. The van der Waals surface area contributed by atoms with Gasteiger partial charge in [-0.3, -0.25) is 28.8 Å². The summed E-state index contributed by atoms with van der Waals surface area (Å²) in [6, 6.07) is -3.79. The van der Waals surface area contributed by atoms with Gasteiger partial charge in [0.15, 0.2) is 0 Å². The third kappa shape index (κ3) is 28.4. The van der Waals surface area contributed by atoms with Crippen LogP contribution >= 0.6 is 0 Å². The number of ether oxygens (including phenoxy) is 1. The van der Waals surface area contributed by atoms with Gasteiger partial charge in [-0.15, -0.1) is 0 Å². The fraction of sp³-hybridized carbons (Fsp3) is 0.837. The molecule has 6 amide bonds. The van der Waals surface area contributed by atoms with Crippen molar-refractivity contribution in [1.82, 2.24) is 31.9 Å². The maximum Gasteiger partial charge on any atom is 0.328 e. The summed E-state index contributed by atoms with van der Waals surface area (Å²) in [6.07, 6.45) is 17.3. The van der Waals surface area contributed by atoms with Gasteiger partial charge in [-0.1, -0.05) is 119 Å². The minimum absolute atomic E-state index is 0.00251. The number of methoxy groups -OCH3 is 1. The Morgan fingerprint density at radius 2 is 0.930 bits per heavy atom. The summed E-state index contributed by atoms with van der Waals surface area (Å²) in [5, 5.41) is 16.4. The van der Waals surface area contributed by atoms with Gasteiger partial charge in [0.1, 0.15) is 24.2 Å². The molecule has 0 saturated heterocycles. The molecular weight excluding hydrogens is 729 g/mol. The number of esters is 1. The molecule has 0 aromatic carbocycles. The number of unbranched alkanes of at least 4 members (excludes halogenated alkanes) is 12. The molecule has 0 aromatic heterocycles. The summed E-state index contributed by atoms with van der Waals surface area (Å²) in [5.74, 6) is -3.13. The number of amides is 6. The van der Waals surface area contributed by atoms with Gasteiger partial charge in [0.05, 0.1) is 13.7 Å². The molecule has 0 aliphatic carbocycles. The Morgan fingerprint density at radius 3 is 1.44 bits per heavy atom. The molecular formula is C43H80N6O8. The van der Waals surface area contributed by atoms with E-state index >= 15 is 0 Å². The van der Waals surface area contributed by atoms with Crippen LogP contribution < -0.4 is 31.9 Å². The van der Waals surface area contributed by atoms with Gasteiger partial charge in [0.25, 0.3) is 0 Å². The van der Waals surface area contributed by atoms with Crippen LogP contribution in [0.15, 0.2) is 0 Å². The molecule has 0 rings (SSSR count). The molecule has 330 valence electrons. The minimum Gasteiger partial charge on any atom is -0.467 e. The van der Waals surface area contributed by atoms with Crippen LogP contribution in [0.25, 0.3) is 0 Å². The lowest BCUT2D eigenvalue weighted by Gasteiger charge is -2.25. The molecule has 0 bridgehead atoms. The Hall–Kier alpha value is -3.71. The van der Waals surface area contributed by atoms with Crippen LogP contribution in [0.2, 0.25) is 0 Å². The third-order valence-corrected chi connectivity index (χ3v) is 9.69. The van der Waals surface area contributed by atoms with Crippen LogP contribution in [-0.4, -0.2) is 85.8 Å². The SMILES string of the molecule is CCCCCCCCCC(=O)NCCC[C@H](NC(=O)CCCCCCCCC)C(=O)N[C@@H](CC(C)C)C(=O)NCC(=O)N[C@@H](CC(C)C)C(=O)N[C@@H](C)C(=O)OC. The summed E-state index contributed by atoms with van der Waals surface area (Å²) in [5.41, 5.74) is 0. The Labute approximate surface area is 344 Å². The number of nitrogens with one attached hydrogen (secondary N) is 6. The first-order valence-electron chi connectivity index (χ1n) is 22.0. The summed E-state index contributed by atoms with van der Waals surface area (Å²) >= 11 is 0. The lowest BCUT2D eigenvalue weighted by molar-refractivity contribution is -0.145. The highest BCUT2D eigenvalue weighted by atomic mass is 16.5. The zero-order chi connectivity index (χ0) is 43.0. The topological polar surface area (TPSA) is 201 Å². The number of hydrogen-bond donors (Lipinski definition) is 6. The van der Waals surface area contributed by atoms with Crippen LogP contribution in [0.3, 0.4) is 0 Å². The van der Waals surface area contributed by atoms with Crippen LogP contribution in [0.5, 0.6) is 0 Å². The van der Waals surface area contributed by atoms with E-state index in [0.29, 0.717) is 32.2 Å². The van der Waals surface area contributed by atoms with Gasteiger partial charge in [-0.05, 0) is 57.3 Å². The average Bonchev–Trinajstić information content (AvgIpc) is 3.15. The predicted molar refractivity (Wildman–Crippen MR) is 225 cm³/mol. The Balaban J connectivity index is 5.47. The Bertz CT molecular complexity index is 1180. The highest BCUT2D eigenvalue weighted by Crippen LogP contribution is 2.12. The largest absolute Gasteiger partial charge is 0.467 e. The molecule has 0 spiro atoms. The first-order chi connectivity index (χ1) is 27.1. The molecule has 0 aliphatic heterocycles. The fourth-order valence-electron chi connectivity index (χ4n) is 6.41. The van der Waals surface area contributed by atoms with Crippen molar-refractivity contribution >= 4 is 41.4 Å². The van der Waals surface area contributed by atoms with Crippen molar-refractivity contribution in [2.24, 2.45) is 11.8 Å². The van der Waals surface area contributed by atoms with Crippen molar-refractivity contribution in [3.05, 3.63) is 0 Å². The second kappa shape index (κ2) is 33.3. The number of hydrogen-bond acceptors (Lipinski definition) is 8. The molecule has 0 radical (unpaired) electrons. The maximum atomic E-state index is 13.7. The van der Waals surface area contributed by atoms with Crippen molar-refractivity contribution in [3.8, 4) is 0 Å². The zero-order valence-electron chi connectivity index (χ0n) is 36.8. The van der Waals surface area contributed by atoms with Gasteiger partial charge < -0.3 is 36.6 Å². The molecule has 0 fully saturated rings. The lowest BCUT2D eigenvalue weighted by atomic mass is 10.0. The summed E-state index contributed by atoms with van der Waals surface area (Å²) < 4.78 is 4.67. The van der Waals surface area contributed by atoms with Crippen molar-refractivity contribution < 1.29 is 38.3 Å². The molecule has 14 heteroatoms. The average molecular weight is 809 g/mol. The van der Waals surface area contributed by atoms with E-state index in [9.17, 15) is 33.6 Å². The minimum atomic E-state index is -0.995. The highest BCUT2D eigenvalue weighted by molar-refractivity contribution is 5.95. The first kappa shape index (κ1) is 53.3. The summed E-state index contributed by atoms with van der Waals surface area (Å²) in [7, 11) is 1.21. The van der Waals surface area contributed by atoms with Gasteiger partial charge >= 0.3 is 5.97 Å². The Morgan fingerprint density at radius 1 is 0.474 bits per heavy atom. The van der Waals surface area contributed by atoms with Gasteiger partial charge in [0.2, 0.25) is 35.4 Å². The summed E-state index contributed by atoms with van der Waals surface area (Å²) in [4.78, 5) is 90.3. The van der Waals surface area contributed by atoms with E-state index in [1.165, 1.54) is 59.0 Å². The molecule has 4 atom stereocenters. The van der Waals surface area contributed by atoms with Crippen LogP contribution in [0, 0.1) is 11.8 Å². The van der Waals surface area contributed by atoms with Crippen molar-refractivity contribution in [3.63, 3.8) is 0 Å². The second-order valence-electron chi connectivity index (χ2n) is 16.3.